The van der Waals surface area contributed by atoms with Crippen LogP contribution in [0.3, 0.4) is 0 Å². The Morgan fingerprint density at radius 1 is 1.45 bits per heavy atom. The van der Waals surface area contributed by atoms with E-state index in [0.29, 0.717) is 6.10 Å². The molecule has 0 amide bonds. The Bertz CT molecular complexity index is 407. The molecule has 0 aliphatic carbocycles. The van der Waals surface area contributed by atoms with Crippen LogP contribution in [0, 0.1) is 5.41 Å². The maximum absolute atomic E-state index is 5.86. The molecule has 0 aromatic carbocycles. The van der Waals surface area contributed by atoms with Crippen LogP contribution in [0.15, 0.2) is 12.1 Å². The second-order valence-electron chi connectivity index (χ2n) is 5.69. The fourth-order valence-electron chi connectivity index (χ4n) is 2.91. The van der Waals surface area contributed by atoms with E-state index in [1.807, 2.05) is 11.3 Å². The fourth-order valence-corrected chi connectivity index (χ4v) is 4.02. The third-order valence-corrected chi connectivity index (χ3v) is 5.61. The van der Waals surface area contributed by atoms with Gasteiger partial charge in [0, 0.05) is 42.0 Å². The highest BCUT2D eigenvalue weighted by Crippen LogP contribution is 2.39. The number of hydrogen-bond donors (Lipinski definition) is 1. The number of rotatable bonds is 8. The van der Waals surface area contributed by atoms with Gasteiger partial charge in [-0.05, 0) is 38.3 Å². The SMILES string of the molecule is CCc1ccc(CC2(CNCCOC)CCOC2C)s1. The van der Waals surface area contributed by atoms with Crippen molar-refractivity contribution in [3.05, 3.63) is 21.9 Å². The monoisotopic (exact) mass is 297 g/mol. The molecule has 2 heterocycles. The number of methoxy groups -OCH3 is 1. The normalized spacial score (nSPS) is 26.2. The molecule has 2 unspecified atom stereocenters. The van der Waals surface area contributed by atoms with E-state index in [0.717, 1.165) is 45.6 Å². The topological polar surface area (TPSA) is 30.5 Å². The van der Waals surface area contributed by atoms with E-state index in [1.165, 1.54) is 9.75 Å². The first-order valence-electron chi connectivity index (χ1n) is 7.59. The van der Waals surface area contributed by atoms with Crippen LogP contribution in [0.5, 0.6) is 0 Å². The first-order valence-corrected chi connectivity index (χ1v) is 8.40. The van der Waals surface area contributed by atoms with Gasteiger partial charge in [-0.2, -0.15) is 0 Å². The van der Waals surface area contributed by atoms with Gasteiger partial charge in [-0.15, -0.1) is 11.3 Å². The predicted octanol–water partition coefficient (Wildman–Crippen LogP) is 2.88. The highest BCUT2D eigenvalue weighted by atomic mass is 32.1. The van der Waals surface area contributed by atoms with Gasteiger partial charge in [0.15, 0.2) is 0 Å². The predicted molar refractivity (Wildman–Crippen MR) is 84.6 cm³/mol. The van der Waals surface area contributed by atoms with Crippen LogP contribution in [0.4, 0.5) is 0 Å². The minimum atomic E-state index is 0.240. The third-order valence-electron chi connectivity index (χ3n) is 4.38. The first-order chi connectivity index (χ1) is 9.70. The summed E-state index contributed by atoms with van der Waals surface area (Å²) in [5, 5.41) is 3.54. The summed E-state index contributed by atoms with van der Waals surface area (Å²) in [7, 11) is 1.75. The summed E-state index contributed by atoms with van der Waals surface area (Å²) in [4.78, 5) is 2.97. The van der Waals surface area contributed by atoms with Gasteiger partial charge in [0.25, 0.3) is 0 Å². The molecular weight excluding hydrogens is 270 g/mol. The Kier molecular flexibility index (Phi) is 6.02. The number of nitrogens with one attached hydrogen (secondary N) is 1. The van der Waals surface area contributed by atoms with Gasteiger partial charge < -0.3 is 14.8 Å². The molecule has 2 rings (SSSR count). The van der Waals surface area contributed by atoms with Crippen LogP contribution in [0.2, 0.25) is 0 Å². The van der Waals surface area contributed by atoms with Crippen LogP contribution < -0.4 is 5.32 Å². The average Bonchev–Trinajstić information content (AvgIpc) is 3.04. The Morgan fingerprint density at radius 3 is 2.85 bits per heavy atom. The second-order valence-corrected chi connectivity index (χ2v) is 6.95. The molecule has 3 nitrogen and oxygen atoms in total. The Hall–Kier alpha value is -0.420. The zero-order valence-corrected chi connectivity index (χ0v) is 13.7. The average molecular weight is 297 g/mol. The van der Waals surface area contributed by atoms with Crippen molar-refractivity contribution in [1.82, 2.24) is 5.32 Å². The van der Waals surface area contributed by atoms with Crippen molar-refractivity contribution in [2.45, 2.75) is 39.2 Å². The first kappa shape index (κ1) is 16.0. The van der Waals surface area contributed by atoms with Gasteiger partial charge in [0.05, 0.1) is 12.7 Å². The fraction of sp³-hybridized carbons (Fsp3) is 0.750. The van der Waals surface area contributed by atoms with Crippen LogP contribution in [0.1, 0.15) is 30.0 Å². The zero-order valence-electron chi connectivity index (χ0n) is 12.9. The van der Waals surface area contributed by atoms with Gasteiger partial charge in [0.2, 0.25) is 0 Å². The summed E-state index contributed by atoms with van der Waals surface area (Å²) in [6, 6.07) is 4.57. The van der Waals surface area contributed by atoms with Crippen LogP contribution in [-0.2, 0) is 22.3 Å². The number of ether oxygens (including phenoxy) is 2. The molecule has 0 spiro atoms. The molecule has 1 aromatic heterocycles. The number of aryl methyl sites for hydroxylation is 1. The van der Waals surface area contributed by atoms with Gasteiger partial charge in [-0.3, -0.25) is 0 Å². The third kappa shape index (κ3) is 3.82. The summed E-state index contributed by atoms with van der Waals surface area (Å²) in [6.45, 7) is 8.02. The van der Waals surface area contributed by atoms with Crippen LogP contribution >= 0.6 is 11.3 Å². The number of hydrogen-bond acceptors (Lipinski definition) is 4. The molecule has 1 aliphatic heterocycles. The largest absolute Gasteiger partial charge is 0.383 e. The molecule has 1 aliphatic rings. The van der Waals surface area contributed by atoms with E-state index in [2.05, 4.69) is 31.3 Å². The highest BCUT2D eigenvalue weighted by Gasteiger charge is 2.41. The summed E-state index contributed by atoms with van der Waals surface area (Å²) >= 11 is 1.96. The summed E-state index contributed by atoms with van der Waals surface area (Å²) in [5.74, 6) is 0. The van der Waals surface area contributed by atoms with Crippen molar-refractivity contribution in [2.24, 2.45) is 5.41 Å². The van der Waals surface area contributed by atoms with E-state index in [9.17, 15) is 0 Å². The van der Waals surface area contributed by atoms with Gasteiger partial charge in [-0.25, -0.2) is 0 Å². The molecule has 1 fully saturated rings. The molecule has 4 heteroatoms. The van der Waals surface area contributed by atoms with Crippen molar-refractivity contribution in [2.75, 3.05) is 33.4 Å². The van der Waals surface area contributed by atoms with Crippen molar-refractivity contribution >= 4 is 11.3 Å². The van der Waals surface area contributed by atoms with Gasteiger partial charge in [-0.1, -0.05) is 6.92 Å². The molecule has 0 saturated carbocycles. The van der Waals surface area contributed by atoms with E-state index in [4.69, 9.17) is 9.47 Å². The molecular formula is C16H27NO2S. The van der Waals surface area contributed by atoms with Gasteiger partial charge >= 0.3 is 0 Å². The smallest absolute Gasteiger partial charge is 0.0619 e. The van der Waals surface area contributed by atoms with Crippen molar-refractivity contribution in [3.8, 4) is 0 Å². The lowest BCUT2D eigenvalue weighted by Gasteiger charge is -2.32. The Balaban J connectivity index is 1.99. The van der Waals surface area contributed by atoms with E-state index >= 15 is 0 Å². The summed E-state index contributed by atoms with van der Waals surface area (Å²) < 4.78 is 11.0. The minimum Gasteiger partial charge on any atom is -0.383 e. The van der Waals surface area contributed by atoms with E-state index in [-0.39, 0.29) is 5.41 Å². The van der Waals surface area contributed by atoms with Crippen LogP contribution in [0.25, 0.3) is 0 Å². The Labute approximate surface area is 126 Å². The maximum Gasteiger partial charge on any atom is 0.0619 e. The molecule has 114 valence electrons. The summed E-state index contributed by atoms with van der Waals surface area (Å²) in [5.41, 5.74) is 0.240. The number of thiophene rings is 1. The molecule has 1 saturated heterocycles. The van der Waals surface area contributed by atoms with Crippen molar-refractivity contribution < 1.29 is 9.47 Å². The molecule has 1 N–H and O–H groups in total. The van der Waals surface area contributed by atoms with Crippen molar-refractivity contribution in [3.63, 3.8) is 0 Å². The lowest BCUT2D eigenvalue weighted by atomic mass is 9.78. The molecule has 20 heavy (non-hydrogen) atoms. The Morgan fingerprint density at radius 2 is 2.25 bits per heavy atom. The highest BCUT2D eigenvalue weighted by molar-refractivity contribution is 7.11. The molecule has 2 atom stereocenters. The van der Waals surface area contributed by atoms with Crippen LogP contribution in [-0.4, -0.2) is 39.5 Å². The zero-order chi connectivity index (χ0) is 14.4. The lowest BCUT2D eigenvalue weighted by Crippen LogP contribution is -2.42. The molecule has 1 aromatic rings. The lowest BCUT2D eigenvalue weighted by molar-refractivity contribution is 0.0623. The van der Waals surface area contributed by atoms with E-state index in [1.54, 1.807) is 7.11 Å². The second kappa shape index (κ2) is 7.55. The molecule has 0 radical (unpaired) electrons. The van der Waals surface area contributed by atoms with Gasteiger partial charge in [0.1, 0.15) is 0 Å². The molecule has 0 bridgehead atoms. The minimum absolute atomic E-state index is 0.240. The standard InChI is InChI=1S/C16H27NO2S/c1-4-14-5-6-15(20-14)11-16(7-9-19-13(16)2)12-17-8-10-18-3/h5-6,13,17H,4,7-12H2,1-3H3. The quantitative estimate of drug-likeness (QED) is 0.749. The van der Waals surface area contributed by atoms with Crippen molar-refractivity contribution in [1.29, 1.82) is 0 Å². The van der Waals surface area contributed by atoms with E-state index < -0.39 is 0 Å². The maximum atomic E-state index is 5.86. The summed E-state index contributed by atoms with van der Waals surface area (Å²) in [6.07, 6.45) is 3.73.